The molecule has 0 atom stereocenters. The molecule has 1 aliphatic rings. The minimum Gasteiger partial charge on any atom is -0.349 e. The van der Waals surface area contributed by atoms with Gasteiger partial charge in [0.2, 0.25) is 5.91 Å². The number of benzene rings is 1. The van der Waals surface area contributed by atoms with Crippen molar-refractivity contribution in [2.75, 3.05) is 0 Å². The lowest BCUT2D eigenvalue weighted by Gasteiger charge is -2.15. The summed E-state index contributed by atoms with van der Waals surface area (Å²) in [5, 5.41) is 12.3. The van der Waals surface area contributed by atoms with Crippen LogP contribution in [0.5, 0.6) is 0 Å². The molecule has 3 rings (SSSR count). The summed E-state index contributed by atoms with van der Waals surface area (Å²) in [6.07, 6.45) is 3.43. The SMILES string of the molecule is O=C(Cc1cc(Cl)ccc1Cl)NCc1nnc2n1CCCC2. The van der Waals surface area contributed by atoms with Gasteiger partial charge in [0, 0.05) is 23.0 Å². The molecule has 1 aromatic carbocycles. The fourth-order valence-electron chi connectivity index (χ4n) is 2.59. The summed E-state index contributed by atoms with van der Waals surface area (Å²) >= 11 is 12.0. The van der Waals surface area contributed by atoms with Crippen molar-refractivity contribution >= 4 is 29.1 Å². The number of amides is 1. The molecule has 0 spiro atoms. The molecule has 22 heavy (non-hydrogen) atoms. The normalized spacial score (nSPS) is 13.7. The highest BCUT2D eigenvalue weighted by molar-refractivity contribution is 6.33. The molecule has 0 aliphatic carbocycles. The molecule has 1 amide bonds. The standard InChI is InChI=1S/C15H16Cl2N4O/c16-11-4-5-12(17)10(7-11)8-15(22)18-9-14-20-19-13-3-1-2-6-21(13)14/h4-5,7H,1-3,6,8-9H2,(H,18,22). The number of fused-ring (bicyclic) bond motifs is 1. The number of hydrogen-bond donors (Lipinski definition) is 1. The van der Waals surface area contributed by atoms with E-state index in [4.69, 9.17) is 23.2 Å². The quantitative estimate of drug-likeness (QED) is 0.932. The molecule has 2 aromatic rings. The third-order valence-electron chi connectivity index (χ3n) is 3.74. The fourth-order valence-corrected chi connectivity index (χ4v) is 2.97. The van der Waals surface area contributed by atoms with Crippen LogP contribution in [0.1, 0.15) is 30.1 Å². The molecule has 1 N–H and O–H groups in total. The van der Waals surface area contributed by atoms with Crippen LogP contribution in [0.4, 0.5) is 0 Å². The summed E-state index contributed by atoms with van der Waals surface area (Å²) in [5.41, 5.74) is 0.718. The molecule has 0 fully saturated rings. The van der Waals surface area contributed by atoms with Crippen LogP contribution in [0.2, 0.25) is 10.0 Å². The predicted molar refractivity (Wildman–Crippen MR) is 85.0 cm³/mol. The second-order valence-electron chi connectivity index (χ2n) is 5.33. The minimum atomic E-state index is -0.114. The minimum absolute atomic E-state index is 0.114. The lowest BCUT2D eigenvalue weighted by atomic mass is 10.1. The topological polar surface area (TPSA) is 59.8 Å². The Hall–Kier alpha value is -1.59. The first-order valence-corrected chi connectivity index (χ1v) is 8.00. The molecule has 0 saturated carbocycles. The highest BCUT2D eigenvalue weighted by Crippen LogP contribution is 2.21. The van der Waals surface area contributed by atoms with Gasteiger partial charge >= 0.3 is 0 Å². The molecule has 116 valence electrons. The Kier molecular flexibility index (Phi) is 4.64. The smallest absolute Gasteiger partial charge is 0.224 e. The molecule has 2 heterocycles. The number of halogens is 2. The Balaban J connectivity index is 1.61. The Morgan fingerprint density at radius 2 is 2.14 bits per heavy atom. The first kappa shape index (κ1) is 15.3. The van der Waals surface area contributed by atoms with Gasteiger partial charge < -0.3 is 9.88 Å². The first-order chi connectivity index (χ1) is 10.6. The highest BCUT2D eigenvalue weighted by atomic mass is 35.5. The number of hydrogen-bond acceptors (Lipinski definition) is 3. The second kappa shape index (κ2) is 6.67. The number of nitrogens with one attached hydrogen (secondary N) is 1. The van der Waals surface area contributed by atoms with Crippen LogP contribution in [0.3, 0.4) is 0 Å². The van der Waals surface area contributed by atoms with E-state index in [1.807, 2.05) is 0 Å². The molecule has 0 bridgehead atoms. The molecule has 5 nitrogen and oxygen atoms in total. The Bertz CT molecular complexity index is 699. The number of aryl methyl sites for hydroxylation is 1. The second-order valence-corrected chi connectivity index (χ2v) is 6.17. The predicted octanol–water partition coefficient (Wildman–Crippen LogP) is 2.78. The van der Waals surface area contributed by atoms with E-state index in [1.165, 1.54) is 0 Å². The fraction of sp³-hybridized carbons (Fsp3) is 0.400. The van der Waals surface area contributed by atoms with E-state index in [0.29, 0.717) is 16.6 Å². The van der Waals surface area contributed by atoms with Crippen molar-refractivity contribution in [2.45, 2.75) is 38.8 Å². The van der Waals surface area contributed by atoms with Gasteiger partial charge in [-0.1, -0.05) is 23.2 Å². The van der Waals surface area contributed by atoms with E-state index in [1.54, 1.807) is 18.2 Å². The van der Waals surface area contributed by atoms with Crippen molar-refractivity contribution in [2.24, 2.45) is 0 Å². The van der Waals surface area contributed by atoms with Gasteiger partial charge in [-0.25, -0.2) is 0 Å². The van der Waals surface area contributed by atoms with Crippen LogP contribution < -0.4 is 5.32 Å². The van der Waals surface area contributed by atoms with Gasteiger partial charge in [0.05, 0.1) is 13.0 Å². The number of nitrogens with zero attached hydrogens (tertiary/aromatic N) is 3. The molecule has 0 unspecified atom stereocenters. The highest BCUT2D eigenvalue weighted by Gasteiger charge is 2.16. The molecule has 0 radical (unpaired) electrons. The Morgan fingerprint density at radius 3 is 3.00 bits per heavy atom. The largest absolute Gasteiger partial charge is 0.349 e. The van der Waals surface area contributed by atoms with Gasteiger partial charge in [-0.05, 0) is 36.6 Å². The Labute approximate surface area is 138 Å². The monoisotopic (exact) mass is 338 g/mol. The molecular formula is C15H16Cl2N4O. The summed E-state index contributed by atoms with van der Waals surface area (Å²) in [5.74, 6) is 1.70. The average molecular weight is 339 g/mol. The number of carbonyl (C=O) groups excluding carboxylic acids is 1. The van der Waals surface area contributed by atoms with Gasteiger partial charge in [-0.15, -0.1) is 10.2 Å². The summed E-state index contributed by atoms with van der Waals surface area (Å²) in [4.78, 5) is 12.1. The van der Waals surface area contributed by atoms with Gasteiger partial charge in [-0.2, -0.15) is 0 Å². The average Bonchev–Trinajstić information content (AvgIpc) is 2.92. The van der Waals surface area contributed by atoms with Crippen molar-refractivity contribution in [3.8, 4) is 0 Å². The third kappa shape index (κ3) is 3.42. The van der Waals surface area contributed by atoms with E-state index >= 15 is 0 Å². The third-order valence-corrected chi connectivity index (χ3v) is 4.34. The van der Waals surface area contributed by atoms with Crippen LogP contribution in [0, 0.1) is 0 Å². The van der Waals surface area contributed by atoms with Crippen molar-refractivity contribution < 1.29 is 4.79 Å². The van der Waals surface area contributed by atoms with Crippen LogP contribution in [0.15, 0.2) is 18.2 Å². The van der Waals surface area contributed by atoms with Gasteiger partial charge in [0.1, 0.15) is 5.82 Å². The first-order valence-electron chi connectivity index (χ1n) is 7.25. The van der Waals surface area contributed by atoms with Gasteiger partial charge in [0.25, 0.3) is 0 Å². The van der Waals surface area contributed by atoms with Gasteiger partial charge in [0.15, 0.2) is 5.82 Å². The van der Waals surface area contributed by atoms with Crippen LogP contribution in [-0.4, -0.2) is 20.7 Å². The zero-order valence-corrected chi connectivity index (χ0v) is 13.5. The zero-order valence-electron chi connectivity index (χ0n) is 12.0. The lowest BCUT2D eigenvalue weighted by Crippen LogP contribution is -2.27. The summed E-state index contributed by atoms with van der Waals surface area (Å²) in [7, 11) is 0. The summed E-state index contributed by atoms with van der Waals surface area (Å²) in [6, 6.07) is 5.11. The van der Waals surface area contributed by atoms with Crippen molar-refractivity contribution in [3.63, 3.8) is 0 Å². The maximum Gasteiger partial charge on any atom is 0.224 e. The number of carbonyl (C=O) groups is 1. The van der Waals surface area contributed by atoms with Crippen molar-refractivity contribution in [1.82, 2.24) is 20.1 Å². The van der Waals surface area contributed by atoms with E-state index in [9.17, 15) is 4.79 Å². The molecular weight excluding hydrogens is 323 g/mol. The maximum atomic E-state index is 12.1. The van der Waals surface area contributed by atoms with Crippen LogP contribution >= 0.6 is 23.2 Å². The maximum absolute atomic E-state index is 12.1. The Morgan fingerprint density at radius 1 is 1.27 bits per heavy atom. The molecule has 7 heteroatoms. The van der Waals surface area contributed by atoms with E-state index in [2.05, 4.69) is 20.1 Å². The lowest BCUT2D eigenvalue weighted by molar-refractivity contribution is -0.120. The molecule has 0 saturated heterocycles. The van der Waals surface area contributed by atoms with Crippen LogP contribution in [0.25, 0.3) is 0 Å². The van der Waals surface area contributed by atoms with Crippen molar-refractivity contribution in [1.29, 1.82) is 0 Å². The van der Waals surface area contributed by atoms with E-state index in [-0.39, 0.29) is 12.3 Å². The number of aromatic nitrogens is 3. The van der Waals surface area contributed by atoms with Gasteiger partial charge in [-0.3, -0.25) is 4.79 Å². The summed E-state index contributed by atoms with van der Waals surface area (Å²) < 4.78 is 2.09. The van der Waals surface area contributed by atoms with E-state index in [0.717, 1.165) is 43.0 Å². The summed E-state index contributed by atoms with van der Waals surface area (Å²) in [6.45, 7) is 1.30. The van der Waals surface area contributed by atoms with Crippen molar-refractivity contribution in [3.05, 3.63) is 45.5 Å². The van der Waals surface area contributed by atoms with E-state index < -0.39 is 0 Å². The number of rotatable bonds is 4. The molecule has 1 aliphatic heterocycles. The zero-order chi connectivity index (χ0) is 15.5. The molecule has 1 aromatic heterocycles. The van der Waals surface area contributed by atoms with Crippen LogP contribution in [-0.2, 0) is 30.7 Å².